The molecule has 0 unspecified atom stereocenters. The third kappa shape index (κ3) is 4.31. The van der Waals surface area contributed by atoms with Gasteiger partial charge in [-0.2, -0.15) is 0 Å². The fraction of sp³-hybridized carbons (Fsp3) is 0.500. The van der Waals surface area contributed by atoms with E-state index < -0.39 is 0 Å². The number of nitrogens with two attached hydrogens (primary N) is 1. The molecule has 0 saturated carbocycles. The highest BCUT2D eigenvalue weighted by Crippen LogP contribution is 2.26. The van der Waals surface area contributed by atoms with Crippen LogP contribution in [0.25, 0.3) is 0 Å². The Labute approximate surface area is 115 Å². The van der Waals surface area contributed by atoms with Crippen molar-refractivity contribution in [3.63, 3.8) is 0 Å². The lowest BCUT2D eigenvalue weighted by atomic mass is 9.89. The first kappa shape index (κ1) is 14.5. The summed E-state index contributed by atoms with van der Waals surface area (Å²) in [6.45, 7) is 4.86. The van der Waals surface area contributed by atoms with E-state index in [2.05, 4.69) is 5.32 Å². The fourth-order valence-corrected chi connectivity index (χ4v) is 1.93. The summed E-state index contributed by atoms with van der Waals surface area (Å²) in [6, 6.07) is 3.02. The number of anilines is 2. The third-order valence-electron chi connectivity index (χ3n) is 2.64. The lowest BCUT2D eigenvalue weighted by Crippen LogP contribution is -2.24. The molecule has 1 aromatic rings. The zero-order valence-electron chi connectivity index (χ0n) is 10.1. The van der Waals surface area contributed by atoms with Crippen molar-refractivity contribution in [2.24, 2.45) is 5.41 Å². The molecule has 1 rings (SSSR count). The van der Waals surface area contributed by atoms with E-state index in [0.717, 1.165) is 0 Å². The van der Waals surface area contributed by atoms with Gasteiger partial charge in [0.2, 0.25) is 0 Å². The standard InChI is InChI=1S/C12H18FIN2O/c1-12(2,3-4-17)7-16-11-5-8(13)9(14)6-10(11)15/h5-6,16-17H,3-4,7,15H2,1-2H3. The van der Waals surface area contributed by atoms with Crippen LogP contribution in [0.4, 0.5) is 15.8 Å². The van der Waals surface area contributed by atoms with Gasteiger partial charge in [0.05, 0.1) is 14.9 Å². The molecule has 0 aliphatic carbocycles. The van der Waals surface area contributed by atoms with Gasteiger partial charge in [-0.1, -0.05) is 13.8 Å². The highest BCUT2D eigenvalue weighted by Gasteiger charge is 2.17. The maximum Gasteiger partial charge on any atom is 0.138 e. The highest BCUT2D eigenvalue weighted by atomic mass is 127. The molecule has 5 heteroatoms. The molecule has 0 fully saturated rings. The smallest absolute Gasteiger partial charge is 0.138 e. The molecule has 0 aliphatic rings. The average Bonchev–Trinajstić information content (AvgIpc) is 2.21. The van der Waals surface area contributed by atoms with Crippen molar-refractivity contribution in [2.45, 2.75) is 20.3 Å². The number of hydrogen-bond donors (Lipinski definition) is 3. The Morgan fingerprint density at radius 3 is 2.71 bits per heavy atom. The second-order valence-corrected chi connectivity index (χ2v) is 6.01. The fourth-order valence-electron chi connectivity index (χ4n) is 1.44. The van der Waals surface area contributed by atoms with Gasteiger partial charge < -0.3 is 16.2 Å². The van der Waals surface area contributed by atoms with E-state index in [0.29, 0.717) is 27.9 Å². The molecule has 0 bridgehead atoms. The SMILES string of the molecule is CC(C)(CCO)CNc1cc(F)c(I)cc1N. The van der Waals surface area contributed by atoms with Crippen LogP contribution in [-0.2, 0) is 0 Å². The predicted molar refractivity (Wildman–Crippen MR) is 77.5 cm³/mol. The minimum atomic E-state index is -0.276. The summed E-state index contributed by atoms with van der Waals surface area (Å²) in [6.07, 6.45) is 0.687. The van der Waals surface area contributed by atoms with Crippen molar-refractivity contribution in [3.8, 4) is 0 Å². The van der Waals surface area contributed by atoms with Crippen LogP contribution in [0.1, 0.15) is 20.3 Å². The first-order valence-corrected chi connectivity index (χ1v) is 6.53. The van der Waals surface area contributed by atoms with Crippen LogP contribution >= 0.6 is 22.6 Å². The Bertz CT molecular complexity index is 396. The molecular weight excluding hydrogens is 334 g/mol. The largest absolute Gasteiger partial charge is 0.397 e. The number of nitrogens with one attached hydrogen (secondary N) is 1. The summed E-state index contributed by atoms with van der Waals surface area (Å²) in [5, 5.41) is 12.0. The van der Waals surface area contributed by atoms with Crippen LogP contribution < -0.4 is 11.1 Å². The van der Waals surface area contributed by atoms with E-state index >= 15 is 0 Å². The second-order valence-electron chi connectivity index (χ2n) is 4.84. The third-order valence-corrected chi connectivity index (χ3v) is 3.47. The summed E-state index contributed by atoms with van der Waals surface area (Å²) in [7, 11) is 0. The summed E-state index contributed by atoms with van der Waals surface area (Å²) >= 11 is 1.91. The summed E-state index contributed by atoms with van der Waals surface area (Å²) in [4.78, 5) is 0. The maximum absolute atomic E-state index is 13.4. The van der Waals surface area contributed by atoms with Crippen molar-refractivity contribution in [2.75, 3.05) is 24.2 Å². The van der Waals surface area contributed by atoms with Crippen molar-refractivity contribution in [1.82, 2.24) is 0 Å². The predicted octanol–water partition coefficient (Wildman–Crippen LogP) is 2.83. The number of halogens is 2. The van der Waals surface area contributed by atoms with Gasteiger partial charge in [-0.3, -0.25) is 0 Å². The molecule has 3 nitrogen and oxygen atoms in total. The molecule has 0 heterocycles. The zero-order chi connectivity index (χ0) is 13.1. The van der Waals surface area contributed by atoms with Crippen LogP contribution in [0.5, 0.6) is 0 Å². The van der Waals surface area contributed by atoms with Crippen LogP contribution in [-0.4, -0.2) is 18.3 Å². The van der Waals surface area contributed by atoms with Crippen LogP contribution in [0.15, 0.2) is 12.1 Å². The lowest BCUT2D eigenvalue weighted by molar-refractivity contribution is 0.220. The van der Waals surface area contributed by atoms with Crippen LogP contribution in [0.3, 0.4) is 0 Å². The van der Waals surface area contributed by atoms with E-state index in [9.17, 15) is 4.39 Å². The molecule has 96 valence electrons. The first-order valence-electron chi connectivity index (χ1n) is 5.45. The minimum absolute atomic E-state index is 0.0549. The molecule has 4 N–H and O–H groups in total. The number of benzene rings is 1. The molecule has 0 atom stereocenters. The Morgan fingerprint density at radius 2 is 2.12 bits per heavy atom. The molecule has 0 amide bonds. The zero-order valence-corrected chi connectivity index (χ0v) is 12.2. The van der Waals surface area contributed by atoms with Gasteiger partial charge in [0, 0.05) is 19.2 Å². The van der Waals surface area contributed by atoms with Gasteiger partial charge in [0.25, 0.3) is 0 Å². The van der Waals surface area contributed by atoms with Gasteiger partial charge in [0.15, 0.2) is 0 Å². The summed E-state index contributed by atoms with van der Waals surface area (Å²) < 4.78 is 13.9. The van der Waals surface area contributed by atoms with E-state index in [1.54, 1.807) is 6.07 Å². The molecular formula is C12H18FIN2O. The maximum atomic E-state index is 13.4. The van der Waals surface area contributed by atoms with Gasteiger partial charge in [-0.05, 0) is 40.5 Å². The van der Waals surface area contributed by atoms with E-state index in [-0.39, 0.29) is 17.8 Å². The molecule has 0 spiro atoms. The van der Waals surface area contributed by atoms with E-state index in [1.807, 2.05) is 36.4 Å². The second kappa shape index (κ2) is 5.86. The Morgan fingerprint density at radius 1 is 1.47 bits per heavy atom. The lowest BCUT2D eigenvalue weighted by Gasteiger charge is -2.25. The minimum Gasteiger partial charge on any atom is -0.397 e. The molecule has 17 heavy (non-hydrogen) atoms. The quantitative estimate of drug-likeness (QED) is 0.564. The van der Waals surface area contributed by atoms with Crippen LogP contribution in [0, 0.1) is 14.8 Å². The Hall–Kier alpha value is -0.560. The number of nitrogen functional groups attached to an aromatic ring is 1. The van der Waals surface area contributed by atoms with Gasteiger partial charge >= 0.3 is 0 Å². The summed E-state index contributed by atoms with van der Waals surface area (Å²) in [5.41, 5.74) is 6.90. The van der Waals surface area contributed by atoms with E-state index in [4.69, 9.17) is 10.8 Å². The summed E-state index contributed by atoms with van der Waals surface area (Å²) in [5.74, 6) is -0.276. The van der Waals surface area contributed by atoms with Crippen molar-refractivity contribution in [1.29, 1.82) is 0 Å². The number of aliphatic hydroxyl groups is 1. The normalized spacial score (nSPS) is 11.6. The van der Waals surface area contributed by atoms with Crippen molar-refractivity contribution < 1.29 is 9.50 Å². The van der Waals surface area contributed by atoms with E-state index in [1.165, 1.54) is 6.07 Å². The molecule has 0 aromatic heterocycles. The van der Waals surface area contributed by atoms with Gasteiger partial charge in [-0.25, -0.2) is 4.39 Å². The Kier molecular flexibility index (Phi) is 5.00. The van der Waals surface area contributed by atoms with Gasteiger partial charge in [0.1, 0.15) is 5.82 Å². The molecule has 0 radical (unpaired) electrons. The monoisotopic (exact) mass is 352 g/mol. The number of hydrogen-bond acceptors (Lipinski definition) is 3. The van der Waals surface area contributed by atoms with Crippen molar-refractivity contribution >= 4 is 34.0 Å². The highest BCUT2D eigenvalue weighted by molar-refractivity contribution is 14.1. The molecule has 0 saturated heterocycles. The topological polar surface area (TPSA) is 58.3 Å². The number of rotatable bonds is 5. The molecule has 1 aromatic carbocycles. The van der Waals surface area contributed by atoms with Crippen LogP contribution in [0.2, 0.25) is 0 Å². The van der Waals surface area contributed by atoms with Gasteiger partial charge in [-0.15, -0.1) is 0 Å². The van der Waals surface area contributed by atoms with Crippen molar-refractivity contribution in [3.05, 3.63) is 21.5 Å². The average molecular weight is 352 g/mol. The molecule has 0 aliphatic heterocycles. The number of aliphatic hydroxyl groups excluding tert-OH is 1. The Balaban J connectivity index is 2.73. The first-order chi connectivity index (χ1) is 7.85.